The minimum Gasteiger partial charge on any atom is -0.380 e. The van der Waals surface area contributed by atoms with Gasteiger partial charge in [0.25, 0.3) is 5.91 Å². The maximum atomic E-state index is 12.1. The molecule has 0 radical (unpaired) electrons. The maximum Gasteiger partial charge on any atom is 0.253 e. The SMILES string of the molecule is COCc1cccc(C(=O)N(C)C(C)CN)c1. The summed E-state index contributed by atoms with van der Waals surface area (Å²) in [6.45, 7) is 2.90. The van der Waals surface area contributed by atoms with Crippen LogP contribution in [0.5, 0.6) is 0 Å². The number of carbonyl (C=O) groups is 1. The van der Waals surface area contributed by atoms with E-state index in [1.807, 2.05) is 25.1 Å². The Morgan fingerprint density at radius 2 is 2.24 bits per heavy atom. The van der Waals surface area contributed by atoms with Crippen LogP contribution in [0.4, 0.5) is 0 Å². The summed E-state index contributed by atoms with van der Waals surface area (Å²) in [6.07, 6.45) is 0. The number of benzene rings is 1. The highest BCUT2D eigenvalue weighted by atomic mass is 16.5. The van der Waals surface area contributed by atoms with Crippen molar-refractivity contribution < 1.29 is 9.53 Å². The van der Waals surface area contributed by atoms with Crippen LogP contribution < -0.4 is 5.73 Å². The maximum absolute atomic E-state index is 12.1. The Morgan fingerprint density at radius 1 is 1.53 bits per heavy atom. The number of carbonyl (C=O) groups excluding carboxylic acids is 1. The topological polar surface area (TPSA) is 55.6 Å². The second-order valence-corrected chi connectivity index (χ2v) is 4.13. The predicted octanol–water partition coefficient (Wildman–Crippen LogP) is 1.25. The molecule has 0 heterocycles. The van der Waals surface area contributed by atoms with Gasteiger partial charge in [-0.2, -0.15) is 0 Å². The van der Waals surface area contributed by atoms with Crippen LogP contribution in [-0.4, -0.2) is 37.6 Å². The molecule has 4 heteroatoms. The zero-order chi connectivity index (χ0) is 12.8. The van der Waals surface area contributed by atoms with Crippen molar-refractivity contribution in [3.63, 3.8) is 0 Å². The van der Waals surface area contributed by atoms with Crippen molar-refractivity contribution in [1.82, 2.24) is 4.90 Å². The number of rotatable bonds is 5. The van der Waals surface area contributed by atoms with E-state index in [4.69, 9.17) is 10.5 Å². The number of methoxy groups -OCH3 is 1. The number of amides is 1. The third-order valence-corrected chi connectivity index (χ3v) is 2.81. The van der Waals surface area contributed by atoms with E-state index in [9.17, 15) is 4.79 Å². The molecule has 94 valence electrons. The summed E-state index contributed by atoms with van der Waals surface area (Å²) in [5, 5.41) is 0. The van der Waals surface area contributed by atoms with Crippen LogP contribution in [0.3, 0.4) is 0 Å². The molecule has 2 N–H and O–H groups in total. The molecular weight excluding hydrogens is 216 g/mol. The van der Waals surface area contributed by atoms with E-state index in [-0.39, 0.29) is 11.9 Å². The van der Waals surface area contributed by atoms with Crippen molar-refractivity contribution >= 4 is 5.91 Å². The van der Waals surface area contributed by atoms with Gasteiger partial charge >= 0.3 is 0 Å². The van der Waals surface area contributed by atoms with Crippen LogP contribution in [0.25, 0.3) is 0 Å². The van der Waals surface area contributed by atoms with Crippen LogP contribution in [0.15, 0.2) is 24.3 Å². The monoisotopic (exact) mass is 236 g/mol. The van der Waals surface area contributed by atoms with E-state index in [0.29, 0.717) is 18.7 Å². The zero-order valence-electron chi connectivity index (χ0n) is 10.6. The summed E-state index contributed by atoms with van der Waals surface area (Å²) in [7, 11) is 3.40. The number of hydrogen-bond acceptors (Lipinski definition) is 3. The van der Waals surface area contributed by atoms with Gasteiger partial charge < -0.3 is 15.4 Å². The van der Waals surface area contributed by atoms with Crippen molar-refractivity contribution in [1.29, 1.82) is 0 Å². The smallest absolute Gasteiger partial charge is 0.253 e. The normalized spacial score (nSPS) is 12.2. The van der Waals surface area contributed by atoms with Crippen molar-refractivity contribution in [2.75, 3.05) is 20.7 Å². The molecule has 1 amide bonds. The Kier molecular flexibility index (Phi) is 5.12. The van der Waals surface area contributed by atoms with E-state index >= 15 is 0 Å². The lowest BCUT2D eigenvalue weighted by Gasteiger charge is -2.23. The fraction of sp³-hybridized carbons (Fsp3) is 0.462. The molecule has 1 aromatic carbocycles. The van der Waals surface area contributed by atoms with Crippen LogP contribution in [0, 0.1) is 0 Å². The standard InChI is InChI=1S/C13H20N2O2/c1-10(8-14)15(2)13(16)12-6-4-5-11(7-12)9-17-3/h4-7,10H,8-9,14H2,1-3H3. The number of hydrogen-bond donors (Lipinski definition) is 1. The number of likely N-dealkylation sites (N-methyl/N-ethyl adjacent to an activating group) is 1. The minimum absolute atomic E-state index is 0.0131. The van der Waals surface area contributed by atoms with Crippen molar-refractivity contribution in [2.24, 2.45) is 5.73 Å². The Hall–Kier alpha value is -1.39. The molecule has 0 aromatic heterocycles. The molecule has 0 saturated carbocycles. The first-order valence-electron chi connectivity index (χ1n) is 5.65. The zero-order valence-corrected chi connectivity index (χ0v) is 10.6. The molecule has 1 atom stereocenters. The largest absolute Gasteiger partial charge is 0.380 e. The summed E-state index contributed by atoms with van der Waals surface area (Å²) in [5.41, 5.74) is 7.21. The van der Waals surface area contributed by atoms with Crippen LogP contribution in [0.1, 0.15) is 22.8 Å². The predicted molar refractivity (Wildman–Crippen MR) is 67.8 cm³/mol. The Labute approximate surface area is 102 Å². The first-order valence-corrected chi connectivity index (χ1v) is 5.65. The molecule has 1 unspecified atom stereocenters. The van der Waals surface area contributed by atoms with Gasteiger partial charge in [-0.15, -0.1) is 0 Å². The molecule has 0 bridgehead atoms. The van der Waals surface area contributed by atoms with E-state index in [0.717, 1.165) is 5.56 Å². The fourth-order valence-electron chi connectivity index (χ4n) is 1.52. The summed E-state index contributed by atoms with van der Waals surface area (Å²) in [6, 6.07) is 7.50. The molecule has 17 heavy (non-hydrogen) atoms. The van der Waals surface area contributed by atoms with Gasteiger partial charge in [0.05, 0.1) is 6.61 Å². The summed E-state index contributed by atoms with van der Waals surface area (Å²) >= 11 is 0. The van der Waals surface area contributed by atoms with Gasteiger partial charge in [0.15, 0.2) is 0 Å². The Balaban J connectivity index is 2.84. The van der Waals surface area contributed by atoms with Gasteiger partial charge in [0.2, 0.25) is 0 Å². The lowest BCUT2D eigenvalue weighted by atomic mass is 10.1. The van der Waals surface area contributed by atoms with Crippen LogP contribution in [0.2, 0.25) is 0 Å². The lowest BCUT2D eigenvalue weighted by Crippen LogP contribution is -2.39. The first-order chi connectivity index (χ1) is 8.10. The van der Waals surface area contributed by atoms with Gasteiger partial charge in [0, 0.05) is 32.3 Å². The molecule has 0 spiro atoms. The highest BCUT2D eigenvalue weighted by Gasteiger charge is 2.16. The van der Waals surface area contributed by atoms with Gasteiger partial charge in [-0.3, -0.25) is 4.79 Å². The van der Waals surface area contributed by atoms with E-state index in [2.05, 4.69) is 0 Å². The third kappa shape index (κ3) is 3.54. The van der Waals surface area contributed by atoms with Gasteiger partial charge in [-0.05, 0) is 24.6 Å². The molecule has 4 nitrogen and oxygen atoms in total. The average Bonchev–Trinajstić information content (AvgIpc) is 2.36. The van der Waals surface area contributed by atoms with Gasteiger partial charge in [-0.25, -0.2) is 0 Å². The van der Waals surface area contributed by atoms with Crippen LogP contribution >= 0.6 is 0 Å². The second kappa shape index (κ2) is 6.37. The minimum atomic E-state index is -0.0131. The molecule has 0 aliphatic carbocycles. The molecule has 0 fully saturated rings. The molecule has 1 aromatic rings. The van der Waals surface area contributed by atoms with E-state index in [1.165, 1.54) is 0 Å². The molecular formula is C13H20N2O2. The number of nitrogens with two attached hydrogens (primary N) is 1. The van der Waals surface area contributed by atoms with Crippen molar-refractivity contribution in [3.8, 4) is 0 Å². The third-order valence-electron chi connectivity index (χ3n) is 2.81. The highest BCUT2D eigenvalue weighted by molar-refractivity contribution is 5.94. The van der Waals surface area contributed by atoms with Crippen LogP contribution in [-0.2, 0) is 11.3 Å². The average molecular weight is 236 g/mol. The van der Waals surface area contributed by atoms with E-state index < -0.39 is 0 Å². The quantitative estimate of drug-likeness (QED) is 0.837. The highest BCUT2D eigenvalue weighted by Crippen LogP contribution is 2.10. The molecule has 0 aliphatic heterocycles. The van der Waals surface area contributed by atoms with Gasteiger partial charge in [-0.1, -0.05) is 12.1 Å². The lowest BCUT2D eigenvalue weighted by molar-refractivity contribution is 0.0748. The summed E-state index contributed by atoms with van der Waals surface area (Å²) < 4.78 is 5.05. The van der Waals surface area contributed by atoms with Crippen molar-refractivity contribution in [2.45, 2.75) is 19.6 Å². The molecule has 0 aliphatic rings. The Bertz CT molecular complexity index is 379. The number of ether oxygens (including phenoxy) is 1. The first kappa shape index (κ1) is 13.7. The van der Waals surface area contributed by atoms with E-state index in [1.54, 1.807) is 25.1 Å². The molecule has 0 saturated heterocycles. The molecule has 1 rings (SSSR count). The Morgan fingerprint density at radius 3 is 2.82 bits per heavy atom. The second-order valence-electron chi connectivity index (χ2n) is 4.13. The fourth-order valence-corrected chi connectivity index (χ4v) is 1.52. The number of nitrogens with zero attached hydrogens (tertiary/aromatic N) is 1. The van der Waals surface area contributed by atoms with Gasteiger partial charge in [0.1, 0.15) is 0 Å². The summed E-state index contributed by atoms with van der Waals surface area (Å²) in [4.78, 5) is 13.8. The van der Waals surface area contributed by atoms with Crippen molar-refractivity contribution in [3.05, 3.63) is 35.4 Å². The summed E-state index contributed by atoms with van der Waals surface area (Å²) in [5.74, 6) is -0.0131.